The van der Waals surface area contributed by atoms with Gasteiger partial charge < -0.3 is 15.5 Å². The highest BCUT2D eigenvalue weighted by atomic mass is 16.2. The second-order valence-electron chi connectivity index (χ2n) is 8.27. The van der Waals surface area contributed by atoms with E-state index in [-0.39, 0.29) is 23.9 Å². The topological polar surface area (TPSA) is 64.7 Å². The molecule has 2 aromatic carbocycles. The van der Waals surface area contributed by atoms with Crippen LogP contribution in [0.1, 0.15) is 24.8 Å². The van der Waals surface area contributed by atoms with Crippen molar-refractivity contribution in [1.82, 2.24) is 15.1 Å². The Hall–Kier alpha value is -2.86. The van der Waals surface area contributed by atoms with E-state index in [2.05, 4.69) is 39.8 Å². The van der Waals surface area contributed by atoms with Gasteiger partial charge in [-0.1, -0.05) is 48.5 Å². The van der Waals surface area contributed by atoms with Crippen molar-refractivity contribution < 1.29 is 9.59 Å². The van der Waals surface area contributed by atoms with E-state index in [0.29, 0.717) is 25.9 Å². The van der Waals surface area contributed by atoms with Crippen molar-refractivity contribution in [3.05, 3.63) is 66.2 Å². The van der Waals surface area contributed by atoms with Gasteiger partial charge in [0.1, 0.15) is 0 Å². The molecule has 2 saturated heterocycles. The van der Waals surface area contributed by atoms with Gasteiger partial charge in [0, 0.05) is 50.4 Å². The number of para-hydroxylation sites is 1. The Morgan fingerprint density at radius 3 is 2.23 bits per heavy atom. The average molecular weight is 407 g/mol. The second-order valence-corrected chi connectivity index (χ2v) is 8.27. The van der Waals surface area contributed by atoms with E-state index in [0.717, 1.165) is 31.7 Å². The molecule has 0 aromatic heterocycles. The molecule has 0 bridgehead atoms. The zero-order valence-corrected chi connectivity index (χ0v) is 17.3. The molecule has 0 radical (unpaired) electrons. The molecule has 4 rings (SSSR count). The molecule has 158 valence electrons. The predicted molar refractivity (Wildman–Crippen MR) is 118 cm³/mol. The number of rotatable bonds is 5. The quantitative estimate of drug-likeness (QED) is 0.801. The third kappa shape index (κ3) is 5.39. The Labute approximate surface area is 178 Å². The van der Waals surface area contributed by atoms with Crippen molar-refractivity contribution in [2.45, 2.75) is 31.8 Å². The lowest BCUT2D eigenvalue weighted by molar-refractivity contribution is -0.126. The van der Waals surface area contributed by atoms with Crippen molar-refractivity contribution in [3.63, 3.8) is 0 Å². The van der Waals surface area contributed by atoms with E-state index in [1.807, 2.05) is 36.4 Å². The molecule has 2 aliphatic heterocycles. The first-order valence-corrected chi connectivity index (χ1v) is 10.8. The van der Waals surface area contributed by atoms with Crippen LogP contribution in [0, 0.1) is 5.92 Å². The number of hydrogen-bond acceptors (Lipinski definition) is 3. The zero-order valence-electron chi connectivity index (χ0n) is 17.3. The highest BCUT2D eigenvalue weighted by Gasteiger charge is 2.30. The van der Waals surface area contributed by atoms with Crippen LogP contribution in [0.4, 0.5) is 10.5 Å². The number of carbonyl (C=O) groups is 2. The minimum absolute atomic E-state index is 0.00560. The van der Waals surface area contributed by atoms with Crippen molar-refractivity contribution in [2.75, 3.05) is 31.5 Å². The molecule has 0 unspecified atom stereocenters. The molecule has 0 aliphatic carbocycles. The molecule has 2 heterocycles. The van der Waals surface area contributed by atoms with E-state index >= 15 is 0 Å². The van der Waals surface area contributed by atoms with Crippen molar-refractivity contribution in [1.29, 1.82) is 0 Å². The number of piperidine rings is 1. The molecule has 1 atom stereocenters. The van der Waals surface area contributed by atoms with Crippen LogP contribution >= 0.6 is 0 Å². The molecule has 6 nitrogen and oxygen atoms in total. The first-order chi connectivity index (χ1) is 14.7. The van der Waals surface area contributed by atoms with Crippen LogP contribution in [-0.4, -0.2) is 54.0 Å². The molecular formula is C24H30N4O2. The van der Waals surface area contributed by atoms with Gasteiger partial charge in [-0.25, -0.2) is 4.79 Å². The van der Waals surface area contributed by atoms with E-state index in [1.54, 1.807) is 4.90 Å². The Bertz CT molecular complexity index is 835. The molecular weight excluding hydrogens is 376 g/mol. The van der Waals surface area contributed by atoms with E-state index in [1.165, 1.54) is 5.56 Å². The highest BCUT2D eigenvalue weighted by Crippen LogP contribution is 2.20. The van der Waals surface area contributed by atoms with Gasteiger partial charge in [-0.05, 0) is 37.0 Å². The largest absolute Gasteiger partial charge is 0.352 e. The Balaban J connectivity index is 1.19. The minimum atomic E-state index is -0.0904. The van der Waals surface area contributed by atoms with E-state index in [4.69, 9.17) is 0 Å². The van der Waals surface area contributed by atoms with Crippen LogP contribution in [0.25, 0.3) is 0 Å². The molecule has 30 heavy (non-hydrogen) atoms. The van der Waals surface area contributed by atoms with Crippen molar-refractivity contribution in [2.24, 2.45) is 5.92 Å². The summed E-state index contributed by atoms with van der Waals surface area (Å²) in [5.41, 5.74) is 2.11. The Morgan fingerprint density at radius 2 is 1.53 bits per heavy atom. The number of benzene rings is 2. The second kappa shape index (κ2) is 9.76. The van der Waals surface area contributed by atoms with Crippen LogP contribution in [0.5, 0.6) is 0 Å². The number of likely N-dealkylation sites (tertiary alicyclic amines) is 2. The van der Waals surface area contributed by atoms with Crippen LogP contribution in [0.2, 0.25) is 0 Å². The molecule has 0 spiro atoms. The maximum Gasteiger partial charge on any atom is 0.321 e. The molecule has 0 saturated carbocycles. The van der Waals surface area contributed by atoms with Gasteiger partial charge in [-0.3, -0.25) is 9.69 Å². The summed E-state index contributed by atoms with van der Waals surface area (Å²) in [5.74, 6) is 0.138. The zero-order chi connectivity index (χ0) is 20.8. The monoisotopic (exact) mass is 406 g/mol. The standard InChI is InChI=1S/C24H30N4O2/c29-23(25-22-13-14-27(18-22)17-19-7-3-1-4-8-19)20-11-15-28(16-12-20)24(30)26-21-9-5-2-6-10-21/h1-10,20,22H,11-18H2,(H,25,29)(H,26,30)/t22-/m0/s1. The van der Waals surface area contributed by atoms with Crippen molar-refractivity contribution >= 4 is 17.6 Å². The summed E-state index contributed by atoms with van der Waals surface area (Å²) in [6.07, 6.45) is 2.43. The SMILES string of the molecule is O=C(N[C@H]1CCN(Cc2ccccc2)C1)C1CCN(C(=O)Nc2ccccc2)CC1. The summed E-state index contributed by atoms with van der Waals surface area (Å²) in [6.45, 7) is 4.07. The van der Waals surface area contributed by atoms with Crippen LogP contribution in [0.3, 0.4) is 0 Å². The number of nitrogens with one attached hydrogen (secondary N) is 2. The predicted octanol–water partition coefficient (Wildman–Crippen LogP) is 3.32. The van der Waals surface area contributed by atoms with Gasteiger partial charge in [0.05, 0.1) is 0 Å². The Morgan fingerprint density at radius 1 is 0.867 bits per heavy atom. The fourth-order valence-corrected chi connectivity index (χ4v) is 4.32. The van der Waals surface area contributed by atoms with E-state index in [9.17, 15) is 9.59 Å². The normalized spacial score (nSPS) is 20.1. The van der Waals surface area contributed by atoms with Crippen LogP contribution in [0.15, 0.2) is 60.7 Å². The fourth-order valence-electron chi connectivity index (χ4n) is 4.32. The lowest BCUT2D eigenvalue weighted by atomic mass is 9.95. The summed E-state index contributed by atoms with van der Waals surface area (Å²) < 4.78 is 0. The fraction of sp³-hybridized carbons (Fsp3) is 0.417. The molecule has 6 heteroatoms. The molecule has 2 N–H and O–H groups in total. The lowest BCUT2D eigenvalue weighted by Gasteiger charge is -2.32. The van der Waals surface area contributed by atoms with Gasteiger partial charge in [0.2, 0.25) is 5.91 Å². The number of hydrogen-bond donors (Lipinski definition) is 2. The van der Waals surface area contributed by atoms with Crippen LogP contribution < -0.4 is 10.6 Å². The summed E-state index contributed by atoms with van der Waals surface area (Å²) >= 11 is 0. The Kier molecular flexibility index (Phi) is 6.64. The summed E-state index contributed by atoms with van der Waals surface area (Å²) in [7, 11) is 0. The van der Waals surface area contributed by atoms with E-state index < -0.39 is 0 Å². The summed E-state index contributed by atoms with van der Waals surface area (Å²) in [5, 5.41) is 6.17. The minimum Gasteiger partial charge on any atom is -0.352 e. The van der Waals surface area contributed by atoms with Gasteiger partial charge in [0.25, 0.3) is 0 Å². The highest BCUT2D eigenvalue weighted by molar-refractivity contribution is 5.89. The lowest BCUT2D eigenvalue weighted by Crippen LogP contribution is -2.46. The smallest absolute Gasteiger partial charge is 0.321 e. The molecule has 3 amide bonds. The third-order valence-corrected chi connectivity index (χ3v) is 6.05. The van der Waals surface area contributed by atoms with Crippen molar-refractivity contribution in [3.8, 4) is 0 Å². The third-order valence-electron chi connectivity index (χ3n) is 6.05. The van der Waals surface area contributed by atoms with Gasteiger partial charge in [0.15, 0.2) is 0 Å². The average Bonchev–Trinajstić information content (AvgIpc) is 3.22. The number of nitrogens with zero attached hydrogens (tertiary/aromatic N) is 2. The summed E-state index contributed by atoms with van der Waals surface area (Å²) in [6, 6.07) is 20.1. The maximum atomic E-state index is 12.7. The van der Waals surface area contributed by atoms with Gasteiger partial charge in [-0.15, -0.1) is 0 Å². The number of amides is 3. The first kappa shape index (κ1) is 20.4. The number of anilines is 1. The van der Waals surface area contributed by atoms with Gasteiger partial charge >= 0.3 is 6.03 Å². The summed E-state index contributed by atoms with van der Waals surface area (Å²) in [4.78, 5) is 29.4. The first-order valence-electron chi connectivity index (χ1n) is 10.8. The molecule has 2 aromatic rings. The van der Waals surface area contributed by atoms with Gasteiger partial charge in [-0.2, -0.15) is 0 Å². The molecule has 2 aliphatic rings. The molecule has 2 fully saturated rings. The maximum absolute atomic E-state index is 12.7. The number of carbonyl (C=O) groups excluding carboxylic acids is 2. The number of urea groups is 1. The van der Waals surface area contributed by atoms with Crippen LogP contribution in [-0.2, 0) is 11.3 Å².